The maximum Gasteiger partial charge on any atom is 0.310 e. The molecule has 0 amide bonds. The Balaban J connectivity index is 3.01. The molecule has 1 aromatic rings. The molecule has 84 valence electrons. The Morgan fingerprint density at radius 3 is 2.81 bits per heavy atom. The Hall–Kier alpha value is -1.34. The number of nitrogens with zero attached hydrogens (tertiary/aromatic N) is 1. The molecule has 0 fully saturated rings. The molecule has 0 aliphatic rings. The zero-order valence-corrected chi connectivity index (χ0v) is 10.8. The normalized spacial score (nSPS) is 9.62. The Bertz CT molecular complexity index is 449. The first-order valence-corrected chi connectivity index (χ1v) is 5.72. The number of esters is 1. The summed E-state index contributed by atoms with van der Waals surface area (Å²) in [5, 5.41) is 8.91. The van der Waals surface area contributed by atoms with Crippen molar-refractivity contribution in [1.82, 2.24) is 0 Å². The van der Waals surface area contributed by atoms with Crippen LogP contribution in [0.25, 0.3) is 0 Å². The van der Waals surface area contributed by atoms with Gasteiger partial charge in [0.25, 0.3) is 0 Å². The highest BCUT2D eigenvalue weighted by Gasteiger charge is 2.11. The molecule has 16 heavy (non-hydrogen) atoms. The molecule has 0 heterocycles. The zero-order chi connectivity index (χ0) is 12.1. The van der Waals surface area contributed by atoms with Crippen LogP contribution in [-0.4, -0.2) is 12.6 Å². The highest BCUT2D eigenvalue weighted by atomic mass is 79.9. The van der Waals surface area contributed by atoms with Gasteiger partial charge in [0.05, 0.1) is 18.6 Å². The summed E-state index contributed by atoms with van der Waals surface area (Å²) in [4.78, 5) is 11.3. The van der Waals surface area contributed by atoms with E-state index >= 15 is 0 Å². The third kappa shape index (κ3) is 3.07. The molecule has 1 rings (SSSR count). The number of aryl methyl sites for hydroxylation is 1. The summed E-state index contributed by atoms with van der Waals surface area (Å²) < 4.78 is 5.55. The minimum absolute atomic E-state index is 0.185. The van der Waals surface area contributed by atoms with E-state index in [1.165, 1.54) is 0 Å². The standard InChI is InChI=1S/C12H12BrNO2/c1-3-16-11(15)6-9-4-8(2)5-10(7-14)12(9)13/h4-5H,3,6H2,1-2H3. The highest BCUT2D eigenvalue weighted by Crippen LogP contribution is 2.24. The molecule has 0 atom stereocenters. The van der Waals surface area contributed by atoms with Crippen molar-refractivity contribution >= 4 is 21.9 Å². The average Bonchev–Trinajstić information content (AvgIpc) is 2.23. The SMILES string of the molecule is CCOC(=O)Cc1cc(C)cc(C#N)c1Br. The smallest absolute Gasteiger partial charge is 0.310 e. The summed E-state index contributed by atoms with van der Waals surface area (Å²) in [6.45, 7) is 4.03. The predicted molar refractivity (Wildman–Crippen MR) is 63.9 cm³/mol. The average molecular weight is 282 g/mol. The lowest BCUT2D eigenvalue weighted by Crippen LogP contribution is -2.08. The molecule has 0 bridgehead atoms. The van der Waals surface area contributed by atoms with Gasteiger partial charge in [-0.25, -0.2) is 0 Å². The van der Waals surface area contributed by atoms with E-state index in [1.807, 2.05) is 13.0 Å². The molecular formula is C12H12BrNO2. The van der Waals surface area contributed by atoms with Crippen LogP contribution in [0.4, 0.5) is 0 Å². The van der Waals surface area contributed by atoms with Crippen molar-refractivity contribution in [2.24, 2.45) is 0 Å². The number of rotatable bonds is 3. The van der Waals surface area contributed by atoms with E-state index in [0.717, 1.165) is 11.1 Å². The fourth-order valence-corrected chi connectivity index (χ4v) is 1.88. The van der Waals surface area contributed by atoms with E-state index < -0.39 is 0 Å². The summed E-state index contributed by atoms with van der Waals surface area (Å²) in [5.41, 5.74) is 2.29. The molecule has 4 heteroatoms. The topological polar surface area (TPSA) is 50.1 Å². The number of halogens is 1. The van der Waals surface area contributed by atoms with Crippen molar-refractivity contribution in [2.75, 3.05) is 6.61 Å². The van der Waals surface area contributed by atoms with Gasteiger partial charge in [0, 0.05) is 4.47 Å². The van der Waals surface area contributed by atoms with Gasteiger partial charge in [-0.15, -0.1) is 0 Å². The lowest BCUT2D eigenvalue weighted by atomic mass is 10.0. The molecule has 0 radical (unpaired) electrons. The molecule has 0 saturated carbocycles. The van der Waals surface area contributed by atoms with Crippen LogP contribution >= 0.6 is 15.9 Å². The molecule has 0 N–H and O–H groups in total. The van der Waals surface area contributed by atoms with Crippen molar-refractivity contribution < 1.29 is 9.53 Å². The van der Waals surface area contributed by atoms with E-state index in [-0.39, 0.29) is 12.4 Å². The second-order valence-electron chi connectivity index (χ2n) is 3.38. The lowest BCUT2D eigenvalue weighted by Gasteiger charge is -2.07. The second-order valence-corrected chi connectivity index (χ2v) is 4.17. The second kappa shape index (κ2) is 5.66. The number of benzene rings is 1. The Morgan fingerprint density at radius 2 is 2.25 bits per heavy atom. The molecule has 0 saturated heterocycles. The number of nitriles is 1. The van der Waals surface area contributed by atoms with Crippen LogP contribution in [-0.2, 0) is 16.0 Å². The van der Waals surface area contributed by atoms with Crippen molar-refractivity contribution in [2.45, 2.75) is 20.3 Å². The first-order chi connectivity index (χ1) is 7.58. The van der Waals surface area contributed by atoms with Crippen molar-refractivity contribution in [1.29, 1.82) is 5.26 Å². The molecule has 0 aliphatic carbocycles. The van der Waals surface area contributed by atoms with Gasteiger partial charge in [-0.1, -0.05) is 6.07 Å². The van der Waals surface area contributed by atoms with Crippen LogP contribution in [0, 0.1) is 18.3 Å². The van der Waals surface area contributed by atoms with Gasteiger partial charge in [-0.05, 0) is 47.0 Å². The van der Waals surface area contributed by atoms with Gasteiger partial charge < -0.3 is 4.74 Å². The van der Waals surface area contributed by atoms with Gasteiger partial charge in [0.2, 0.25) is 0 Å². The molecule has 0 unspecified atom stereocenters. The van der Waals surface area contributed by atoms with Crippen LogP contribution < -0.4 is 0 Å². The van der Waals surface area contributed by atoms with Gasteiger partial charge in [0.1, 0.15) is 6.07 Å². The number of carbonyl (C=O) groups is 1. The van der Waals surface area contributed by atoms with E-state index in [4.69, 9.17) is 10.00 Å². The first kappa shape index (κ1) is 12.7. The molecule has 1 aromatic carbocycles. The van der Waals surface area contributed by atoms with Crippen molar-refractivity contribution in [3.8, 4) is 6.07 Å². The van der Waals surface area contributed by atoms with Gasteiger partial charge in [0.15, 0.2) is 0 Å². The quantitative estimate of drug-likeness (QED) is 0.801. The molecule has 3 nitrogen and oxygen atoms in total. The minimum Gasteiger partial charge on any atom is -0.466 e. The van der Waals surface area contributed by atoms with Gasteiger partial charge in [-0.2, -0.15) is 5.26 Å². The number of hydrogen-bond donors (Lipinski definition) is 0. The largest absolute Gasteiger partial charge is 0.466 e. The van der Waals surface area contributed by atoms with Crippen LogP contribution in [0.5, 0.6) is 0 Å². The molecule has 0 aromatic heterocycles. The maximum absolute atomic E-state index is 11.3. The summed E-state index contributed by atoms with van der Waals surface area (Å²) in [6.07, 6.45) is 0.185. The van der Waals surface area contributed by atoms with E-state index in [0.29, 0.717) is 16.6 Å². The van der Waals surface area contributed by atoms with Crippen LogP contribution in [0.3, 0.4) is 0 Å². The number of ether oxygens (including phenoxy) is 1. The summed E-state index contributed by atoms with van der Waals surface area (Å²) in [5.74, 6) is -0.280. The van der Waals surface area contributed by atoms with Crippen molar-refractivity contribution in [3.05, 3.63) is 33.3 Å². The highest BCUT2D eigenvalue weighted by molar-refractivity contribution is 9.10. The number of hydrogen-bond acceptors (Lipinski definition) is 3. The Labute approximate surface area is 103 Å². The summed E-state index contributed by atoms with van der Waals surface area (Å²) in [7, 11) is 0. The van der Waals surface area contributed by atoms with Crippen LogP contribution in [0.1, 0.15) is 23.6 Å². The van der Waals surface area contributed by atoms with E-state index in [1.54, 1.807) is 13.0 Å². The van der Waals surface area contributed by atoms with Gasteiger partial charge in [-0.3, -0.25) is 4.79 Å². The first-order valence-electron chi connectivity index (χ1n) is 4.93. The maximum atomic E-state index is 11.3. The third-order valence-corrected chi connectivity index (χ3v) is 2.99. The fraction of sp³-hybridized carbons (Fsp3) is 0.333. The summed E-state index contributed by atoms with van der Waals surface area (Å²) in [6, 6.07) is 5.74. The van der Waals surface area contributed by atoms with Crippen LogP contribution in [0.15, 0.2) is 16.6 Å². The lowest BCUT2D eigenvalue weighted by molar-refractivity contribution is -0.142. The van der Waals surface area contributed by atoms with E-state index in [9.17, 15) is 4.79 Å². The fourth-order valence-electron chi connectivity index (χ4n) is 1.42. The predicted octanol–water partition coefficient (Wildman–Crippen LogP) is 2.73. The zero-order valence-electron chi connectivity index (χ0n) is 9.21. The Morgan fingerprint density at radius 1 is 1.56 bits per heavy atom. The monoisotopic (exact) mass is 281 g/mol. The minimum atomic E-state index is -0.280. The third-order valence-electron chi connectivity index (χ3n) is 2.05. The van der Waals surface area contributed by atoms with Crippen molar-refractivity contribution in [3.63, 3.8) is 0 Å². The summed E-state index contributed by atoms with van der Waals surface area (Å²) >= 11 is 3.32. The molecular weight excluding hydrogens is 270 g/mol. The van der Waals surface area contributed by atoms with Gasteiger partial charge >= 0.3 is 5.97 Å². The van der Waals surface area contributed by atoms with E-state index in [2.05, 4.69) is 22.0 Å². The molecule has 0 spiro atoms. The molecule has 0 aliphatic heterocycles. The Kier molecular flexibility index (Phi) is 4.51. The number of carbonyl (C=O) groups excluding carboxylic acids is 1. The van der Waals surface area contributed by atoms with Crippen LogP contribution in [0.2, 0.25) is 0 Å².